The molecule has 2 rings (SSSR count). The van der Waals surface area contributed by atoms with Crippen molar-refractivity contribution in [3.8, 4) is 6.01 Å². The van der Waals surface area contributed by atoms with Crippen molar-refractivity contribution in [2.45, 2.75) is 25.0 Å². The van der Waals surface area contributed by atoms with Crippen molar-refractivity contribution in [2.75, 3.05) is 24.2 Å². The number of rotatable bonds is 5. The van der Waals surface area contributed by atoms with Crippen LogP contribution in [0, 0.1) is 0 Å². The number of halogens is 1. The van der Waals surface area contributed by atoms with Gasteiger partial charge in [-0.2, -0.15) is 15.0 Å². The van der Waals surface area contributed by atoms with Crippen molar-refractivity contribution in [1.29, 1.82) is 0 Å². The Kier molecular flexibility index (Phi) is 4.41. The molecule has 19 heavy (non-hydrogen) atoms. The summed E-state index contributed by atoms with van der Waals surface area (Å²) in [5.74, 6) is 0.479. The zero-order valence-corrected chi connectivity index (χ0v) is 12.0. The summed E-state index contributed by atoms with van der Waals surface area (Å²) >= 11 is 5.74. The molecule has 2 heterocycles. The fourth-order valence-electron chi connectivity index (χ4n) is 1.90. The first-order valence-corrected chi connectivity index (χ1v) is 8.10. The van der Waals surface area contributed by atoms with E-state index in [9.17, 15) is 8.42 Å². The Hall–Kier alpha value is -1.15. The Morgan fingerprint density at radius 2 is 2.21 bits per heavy atom. The first-order chi connectivity index (χ1) is 9.01. The zero-order valence-electron chi connectivity index (χ0n) is 10.5. The lowest BCUT2D eigenvalue weighted by atomic mass is 10.2. The van der Waals surface area contributed by atoms with E-state index in [-0.39, 0.29) is 29.5 Å². The molecule has 1 saturated heterocycles. The quantitative estimate of drug-likeness (QED) is 0.864. The maximum Gasteiger partial charge on any atom is 0.322 e. The normalized spacial score (nSPS) is 21.3. The fourth-order valence-corrected chi connectivity index (χ4v) is 3.81. The Balaban J connectivity index is 2.03. The van der Waals surface area contributed by atoms with Crippen LogP contribution >= 0.6 is 11.6 Å². The van der Waals surface area contributed by atoms with E-state index in [0.717, 1.165) is 0 Å². The van der Waals surface area contributed by atoms with Gasteiger partial charge in [-0.1, -0.05) is 0 Å². The van der Waals surface area contributed by atoms with Crippen molar-refractivity contribution in [3.05, 3.63) is 5.28 Å². The van der Waals surface area contributed by atoms with Crippen LogP contribution in [-0.2, 0) is 9.84 Å². The minimum atomic E-state index is -2.99. The van der Waals surface area contributed by atoms with Crippen LogP contribution in [0.3, 0.4) is 0 Å². The smallest absolute Gasteiger partial charge is 0.322 e. The van der Waals surface area contributed by atoms with Gasteiger partial charge in [-0.25, -0.2) is 8.42 Å². The maximum absolute atomic E-state index is 11.7. The molecule has 1 N–H and O–H groups in total. The summed E-state index contributed by atoms with van der Waals surface area (Å²) in [4.78, 5) is 11.7. The summed E-state index contributed by atoms with van der Waals surface area (Å²) in [5, 5.41) is 2.50. The second-order valence-electron chi connectivity index (χ2n) is 4.16. The van der Waals surface area contributed by atoms with E-state index >= 15 is 0 Å². The zero-order chi connectivity index (χ0) is 13.9. The molecule has 7 nitrogen and oxygen atoms in total. The molecule has 1 aromatic rings. The number of ether oxygens (including phenoxy) is 1. The van der Waals surface area contributed by atoms with E-state index in [4.69, 9.17) is 16.3 Å². The predicted octanol–water partition coefficient (Wildman–Crippen LogP) is 0.913. The van der Waals surface area contributed by atoms with Gasteiger partial charge in [0.1, 0.15) is 0 Å². The number of hydrogen-bond acceptors (Lipinski definition) is 7. The molecule has 1 fully saturated rings. The molecule has 106 valence electrons. The molecule has 0 spiro atoms. The molecular weight excluding hydrogens is 292 g/mol. The third kappa shape index (κ3) is 3.66. The number of sulfone groups is 1. The topological polar surface area (TPSA) is 94.1 Å². The SMILES string of the molecule is CCOc1nc(Cl)nc(NCC2CCCS2(=O)=O)n1. The third-order valence-electron chi connectivity index (χ3n) is 2.81. The largest absolute Gasteiger partial charge is 0.464 e. The van der Waals surface area contributed by atoms with Crippen LogP contribution in [0.4, 0.5) is 5.95 Å². The minimum absolute atomic E-state index is 0.00947. The highest BCUT2D eigenvalue weighted by Crippen LogP contribution is 2.20. The predicted molar refractivity (Wildman–Crippen MR) is 71.3 cm³/mol. The molecule has 0 radical (unpaired) electrons. The lowest BCUT2D eigenvalue weighted by molar-refractivity contribution is 0.312. The highest BCUT2D eigenvalue weighted by Gasteiger charge is 2.31. The molecular formula is C10H15ClN4O3S. The minimum Gasteiger partial charge on any atom is -0.464 e. The fraction of sp³-hybridized carbons (Fsp3) is 0.700. The molecule has 0 aliphatic carbocycles. The van der Waals surface area contributed by atoms with Gasteiger partial charge >= 0.3 is 6.01 Å². The van der Waals surface area contributed by atoms with E-state index in [2.05, 4.69) is 20.3 Å². The number of nitrogens with zero attached hydrogens (tertiary/aromatic N) is 3. The van der Waals surface area contributed by atoms with E-state index in [1.807, 2.05) is 0 Å². The van der Waals surface area contributed by atoms with Gasteiger partial charge in [0.05, 0.1) is 17.6 Å². The molecule has 0 bridgehead atoms. The Bertz CT molecular complexity index is 552. The molecule has 1 aliphatic rings. The van der Waals surface area contributed by atoms with Crippen molar-refractivity contribution < 1.29 is 13.2 Å². The summed E-state index contributed by atoms with van der Waals surface area (Å²) < 4.78 is 28.5. The van der Waals surface area contributed by atoms with E-state index in [0.29, 0.717) is 19.4 Å². The van der Waals surface area contributed by atoms with E-state index in [1.54, 1.807) is 6.92 Å². The summed E-state index contributed by atoms with van der Waals surface area (Å²) in [7, 11) is -2.99. The summed E-state index contributed by atoms with van der Waals surface area (Å²) in [5.41, 5.74) is 0. The molecule has 1 aliphatic heterocycles. The molecule has 1 aromatic heterocycles. The van der Waals surface area contributed by atoms with Gasteiger partial charge in [-0.15, -0.1) is 0 Å². The number of hydrogen-bond donors (Lipinski definition) is 1. The molecule has 0 amide bonds. The first-order valence-electron chi connectivity index (χ1n) is 6.01. The molecule has 0 saturated carbocycles. The first kappa shape index (κ1) is 14.3. The number of nitrogens with one attached hydrogen (secondary N) is 1. The molecule has 1 unspecified atom stereocenters. The summed E-state index contributed by atoms with van der Waals surface area (Å²) in [6.07, 6.45) is 1.36. The van der Waals surface area contributed by atoms with Crippen molar-refractivity contribution >= 4 is 27.4 Å². The van der Waals surface area contributed by atoms with Gasteiger partial charge in [0.25, 0.3) is 0 Å². The van der Waals surface area contributed by atoms with E-state index in [1.165, 1.54) is 0 Å². The van der Waals surface area contributed by atoms with Gasteiger partial charge in [0.2, 0.25) is 11.2 Å². The Labute approximate surface area is 116 Å². The molecule has 9 heteroatoms. The van der Waals surface area contributed by atoms with Crippen LogP contribution < -0.4 is 10.1 Å². The maximum atomic E-state index is 11.7. The van der Waals surface area contributed by atoms with Crippen molar-refractivity contribution in [2.24, 2.45) is 0 Å². The Morgan fingerprint density at radius 1 is 1.42 bits per heavy atom. The lowest BCUT2D eigenvalue weighted by Gasteiger charge is -2.11. The summed E-state index contributed by atoms with van der Waals surface area (Å²) in [6.45, 7) is 2.49. The highest BCUT2D eigenvalue weighted by molar-refractivity contribution is 7.92. The third-order valence-corrected chi connectivity index (χ3v) is 5.26. The van der Waals surface area contributed by atoms with Crippen LogP contribution in [0.15, 0.2) is 0 Å². The monoisotopic (exact) mass is 306 g/mol. The van der Waals surface area contributed by atoms with Crippen LogP contribution in [0.2, 0.25) is 5.28 Å². The van der Waals surface area contributed by atoms with Gasteiger partial charge in [0.15, 0.2) is 9.84 Å². The van der Waals surface area contributed by atoms with Crippen LogP contribution in [-0.4, -0.2) is 47.5 Å². The van der Waals surface area contributed by atoms with Crippen molar-refractivity contribution in [1.82, 2.24) is 15.0 Å². The number of anilines is 1. The second kappa shape index (κ2) is 5.87. The average molecular weight is 307 g/mol. The van der Waals surface area contributed by atoms with Gasteiger partial charge < -0.3 is 10.1 Å². The van der Waals surface area contributed by atoms with E-state index < -0.39 is 15.1 Å². The van der Waals surface area contributed by atoms with Gasteiger partial charge in [0, 0.05) is 6.54 Å². The van der Waals surface area contributed by atoms with Crippen LogP contribution in [0.5, 0.6) is 6.01 Å². The van der Waals surface area contributed by atoms with Crippen molar-refractivity contribution in [3.63, 3.8) is 0 Å². The van der Waals surface area contributed by atoms with Gasteiger partial charge in [-0.05, 0) is 31.4 Å². The molecule has 0 aromatic carbocycles. The molecule has 1 atom stereocenters. The standard InChI is InChI=1S/C10H15ClN4O3S/c1-2-18-10-14-8(11)13-9(15-10)12-6-7-4-3-5-19(7,16)17/h7H,2-6H2,1H3,(H,12,13,14,15). The highest BCUT2D eigenvalue weighted by atomic mass is 35.5. The van der Waals surface area contributed by atoms with Crippen LogP contribution in [0.1, 0.15) is 19.8 Å². The number of aromatic nitrogens is 3. The Morgan fingerprint density at radius 3 is 2.84 bits per heavy atom. The second-order valence-corrected chi connectivity index (χ2v) is 6.89. The average Bonchev–Trinajstić information content (AvgIpc) is 2.65. The lowest BCUT2D eigenvalue weighted by Crippen LogP contribution is -2.25. The summed E-state index contributed by atoms with van der Waals surface area (Å²) in [6, 6.07) is 0.124. The van der Waals surface area contributed by atoms with Gasteiger partial charge in [-0.3, -0.25) is 0 Å². The van der Waals surface area contributed by atoms with Crippen LogP contribution in [0.25, 0.3) is 0 Å².